The zero-order chi connectivity index (χ0) is 20.6. The highest BCUT2D eigenvalue weighted by Crippen LogP contribution is 2.21. The van der Waals surface area contributed by atoms with E-state index >= 15 is 0 Å². The fourth-order valence-corrected chi connectivity index (χ4v) is 3.81. The average molecular weight is 395 g/mol. The highest BCUT2D eigenvalue weighted by Gasteiger charge is 2.23. The molecule has 1 saturated heterocycles. The van der Waals surface area contributed by atoms with Crippen LogP contribution in [0.1, 0.15) is 43.5 Å². The van der Waals surface area contributed by atoms with Crippen LogP contribution in [0.5, 0.6) is 0 Å². The summed E-state index contributed by atoms with van der Waals surface area (Å²) in [6.45, 7) is 9.21. The molecule has 2 heterocycles. The molecule has 0 saturated carbocycles. The second-order valence-corrected chi connectivity index (χ2v) is 8.18. The number of hydrogen-bond acceptors (Lipinski definition) is 3. The van der Waals surface area contributed by atoms with Gasteiger partial charge < -0.3 is 14.8 Å². The lowest BCUT2D eigenvalue weighted by molar-refractivity contribution is 0.0657. The summed E-state index contributed by atoms with van der Waals surface area (Å²) in [6.07, 6.45) is 2.63. The molecule has 1 fully saturated rings. The molecule has 4 nitrogen and oxygen atoms in total. The van der Waals surface area contributed by atoms with Gasteiger partial charge in [-0.3, -0.25) is 4.90 Å². The van der Waals surface area contributed by atoms with Crippen molar-refractivity contribution in [2.24, 2.45) is 0 Å². The topological polar surface area (TPSA) is 48.5 Å². The quantitative estimate of drug-likeness (QED) is 0.615. The summed E-state index contributed by atoms with van der Waals surface area (Å²) >= 11 is 0. The number of nitrogens with one attached hydrogen (secondary N) is 1. The number of aromatic nitrogens is 1. The van der Waals surface area contributed by atoms with Gasteiger partial charge in [-0.2, -0.15) is 0 Å². The van der Waals surface area contributed by atoms with Crippen LogP contribution < -0.4 is 0 Å². The number of nitrogens with zero attached hydrogens (tertiary/aromatic N) is 1. The molecule has 4 heteroatoms. The molecule has 1 aromatic heterocycles. The molecular weight excluding hydrogens is 360 g/mol. The first-order valence-corrected chi connectivity index (χ1v) is 10.6. The van der Waals surface area contributed by atoms with Crippen LogP contribution in [0, 0.1) is 6.92 Å². The third-order valence-electron chi connectivity index (χ3n) is 5.33. The van der Waals surface area contributed by atoms with E-state index in [1.807, 2.05) is 0 Å². The minimum absolute atomic E-state index is 0.278. The van der Waals surface area contributed by atoms with Gasteiger partial charge in [-0.05, 0) is 63.2 Å². The van der Waals surface area contributed by atoms with E-state index in [4.69, 9.17) is 4.74 Å². The summed E-state index contributed by atoms with van der Waals surface area (Å²) in [4.78, 5) is 5.81. The van der Waals surface area contributed by atoms with Gasteiger partial charge in [0.05, 0.1) is 19.3 Å². The zero-order valence-electron chi connectivity index (χ0n) is 17.9. The molecule has 0 radical (unpaired) electrons. The fraction of sp³-hybridized carbons (Fsp3) is 0.440. The standard InChI is InChI=1S/C14H18N2O.C11H16O/c17-10-13-5-3-7-16(13)9-12-8-11-4-1-2-6-14(11)15-12;1-9(2)12-8-11-6-4-5-10(3)7-11/h1-2,4,6,8,13,15,17H,3,5,7,9-10H2;4-7,9H,8H2,1-3H3. The monoisotopic (exact) mass is 394 g/mol. The minimum Gasteiger partial charge on any atom is -0.395 e. The molecule has 1 aliphatic heterocycles. The molecule has 3 aromatic rings. The number of ether oxygens (including phenoxy) is 1. The number of H-pyrrole nitrogens is 1. The number of aromatic amines is 1. The number of aliphatic hydroxyl groups is 1. The van der Waals surface area contributed by atoms with E-state index in [0.717, 1.165) is 26.1 Å². The van der Waals surface area contributed by atoms with Crippen molar-refractivity contribution in [1.29, 1.82) is 0 Å². The van der Waals surface area contributed by atoms with Gasteiger partial charge in [0, 0.05) is 23.8 Å². The number of likely N-dealkylation sites (tertiary alicyclic amines) is 1. The van der Waals surface area contributed by atoms with Gasteiger partial charge in [0.1, 0.15) is 0 Å². The van der Waals surface area contributed by atoms with E-state index in [2.05, 4.69) is 85.3 Å². The van der Waals surface area contributed by atoms with Gasteiger partial charge in [-0.15, -0.1) is 0 Å². The van der Waals surface area contributed by atoms with Crippen molar-refractivity contribution < 1.29 is 9.84 Å². The van der Waals surface area contributed by atoms with Crippen molar-refractivity contribution in [2.45, 2.75) is 58.9 Å². The predicted octanol–water partition coefficient (Wildman–Crippen LogP) is 5.04. The predicted molar refractivity (Wildman–Crippen MR) is 120 cm³/mol. The van der Waals surface area contributed by atoms with Crippen molar-refractivity contribution in [3.63, 3.8) is 0 Å². The number of aryl methyl sites for hydroxylation is 1. The highest BCUT2D eigenvalue weighted by atomic mass is 16.5. The van der Waals surface area contributed by atoms with Gasteiger partial charge in [0.15, 0.2) is 0 Å². The van der Waals surface area contributed by atoms with E-state index in [1.54, 1.807) is 0 Å². The lowest BCUT2D eigenvalue weighted by Crippen LogP contribution is -2.31. The van der Waals surface area contributed by atoms with E-state index in [1.165, 1.54) is 34.1 Å². The molecule has 0 bridgehead atoms. The van der Waals surface area contributed by atoms with Crippen LogP contribution in [0.15, 0.2) is 54.6 Å². The first-order valence-electron chi connectivity index (χ1n) is 10.6. The Balaban J connectivity index is 0.000000177. The normalized spacial score (nSPS) is 16.9. The van der Waals surface area contributed by atoms with Crippen LogP contribution in [-0.2, 0) is 17.9 Å². The smallest absolute Gasteiger partial charge is 0.0720 e. The SMILES string of the molecule is Cc1cccc(COC(C)C)c1.OCC1CCCN1Cc1cc2ccccc2[nH]1. The second-order valence-electron chi connectivity index (χ2n) is 8.18. The van der Waals surface area contributed by atoms with Crippen LogP contribution >= 0.6 is 0 Å². The number of hydrogen-bond donors (Lipinski definition) is 2. The fourth-order valence-electron chi connectivity index (χ4n) is 3.81. The van der Waals surface area contributed by atoms with E-state index < -0.39 is 0 Å². The van der Waals surface area contributed by atoms with Crippen molar-refractivity contribution >= 4 is 10.9 Å². The summed E-state index contributed by atoms with van der Waals surface area (Å²) in [6, 6.07) is 19.3. The van der Waals surface area contributed by atoms with Crippen molar-refractivity contribution in [3.8, 4) is 0 Å². The Bertz CT molecular complexity index is 854. The molecule has 29 heavy (non-hydrogen) atoms. The summed E-state index contributed by atoms with van der Waals surface area (Å²) in [5.74, 6) is 0. The molecule has 2 N–H and O–H groups in total. The number of fused-ring (bicyclic) bond motifs is 1. The van der Waals surface area contributed by atoms with Crippen molar-refractivity contribution in [1.82, 2.24) is 9.88 Å². The molecular formula is C25H34N2O2. The van der Waals surface area contributed by atoms with Gasteiger partial charge in [0.25, 0.3) is 0 Å². The first kappa shape index (κ1) is 21.6. The lowest BCUT2D eigenvalue weighted by atomic mass is 10.1. The Morgan fingerprint density at radius 2 is 1.97 bits per heavy atom. The van der Waals surface area contributed by atoms with Crippen LogP contribution in [0.2, 0.25) is 0 Å². The molecule has 2 aromatic carbocycles. The Morgan fingerprint density at radius 1 is 1.14 bits per heavy atom. The van der Waals surface area contributed by atoms with Gasteiger partial charge in [-0.1, -0.05) is 48.0 Å². The van der Waals surface area contributed by atoms with E-state index in [0.29, 0.717) is 12.1 Å². The molecule has 0 aliphatic carbocycles. The summed E-state index contributed by atoms with van der Waals surface area (Å²) < 4.78 is 5.48. The van der Waals surface area contributed by atoms with Crippen LogP contribution in [0.4, 0.5) is 0 Å². The molecule has 1 atom stereocenters. The molecule has 1 aliphatic rings. The van der Waals surface area contributed by atoms with Gasteiger partial charge in [-0.25, -0.2) is 0 Å². The lowest BCUT2D eigenvalue weighted by Gasteiger charge is -2.21. The van der Waals surface area contributed by atoms with Crippen LogP contribution in [0.3, 0.4) is 0 Å². The number of rotatable bonds is 6. The Morgan fingerprint density at radius 3 is 2.69 bits per heavy atom. The zero-order valence-corrected chi connectivity index (χ0v) is 17.9. The van der Waals surface area contributed by atoms with Crippen molar-refractivity contribution in [3.05, 3.63) is 71.4 Å². The minimum atomic E-state index is 0.278. The molecule has 1 unspecified atom stereocenters. The van der Waals surface area contributed by atoms with E-state index in [9.17, 15) is 5.11 Å². The van der Waals surface area contributed by atoms with Gasteiger partial charge in [0.2, 0.25) is 0 Å². The first-order chi connectivity index (χ1) is 14.0. The maximum absolute atomic E-state index is 9.30. The third-order valence-corrected chi connectivity index (χ3v) is 5.33. The number of aliphatic hydroxyl groups excluding tert-OH is 1. The summed E-state index contributed by atoms with van der Waals surface area (Å²) in [5.41, 5.74) is 4.98. The third kappa shape index (κ3) is 6.43. The summed E-state index contributed by atoms with van der Waals surface area (Å²) in [7, 11) is 0. The van der Waals surface area contributed by atoms with Crippen LogP contribution in [-0.4, -0.2) is 40.3 Å². The number of benzene rings is 2. The Kier molecular flexibility index (Phi) is 7.87. The van der Waals surface area contributed by atoms with E-state index in [-0.39, 0.29) is 6.61 Å². The van der Waals surface area contributed by atoms with Crippen molar-refractivity contribution in [2.75, 3.05) is 13.2 Å². The summed E-state index contributed by atoms with van der Waals surface area (Å²) in [5, 5.41) is 10.6. The maximum Gasteiger partial charge on any atom is 0.0720 e. The highest BCUT2D eigenvalue weighted by molar-refractivity contribution is 5.80. The Labute approximate surface area is 174 Å². The number of para-hydroxylation sites is 1. The second kappa shape index (κ2) is 10.6. The molecule has 4 rings (SSSR count). The average Bonchev–Trinajstić information content (AvgIpc) is 3.33. The Hall–Kier alpha value is -2.14. The molecule has 0 spiro atoms. The van der Waals surface area contributed by atoms with Gasteiger partial charge >= 0.3 is 0 Å². The molecule has 156 valence electrons. The largest absolute Gasteiger partial charge is 0.395 e. The van der Waals surface area contributed by atoms with Crippen LogP contribution in [0.25, 0.3) is 10.9 Å². The maximum atomic E-state index is 9.30. The molecule has 0 amide bonds.